The largest absolute Gasteiger partial charge is 0.495 e. The molecule has 7 heteroatoms. The number of anilines is 2. The lowest BCUT2D eigenvalue weighted by atomic mass is 9.89. The fourth-order valence-electron chi connectivity index (χ4n) is 4.85. The Morgan fingerprint density at radius 1 is 1.09 bits per heavy atom. The number of piperidine rings is 1. The number of ether oxygens (including phenoxy) is 1. The van der Waals surface area contributed by atoms with Gasteiger partial charge in [-0.1, -0.05) is 12.1 Å². The summed E-state index contributed by atoms with van der Waals surface area (Å²) in [5.74, 6) is 1.75. The molecule has 1 aromatic carbocycles. The Morgan fingerprint density at radius 2 is 1.86 bits per heavy atom. The second-order valence-corrected chi connectivity index (χ2v) is 9.39. The maximum Gasteiger partial charge on any atom is 0.259 e. The van der Waals surface area contributed by atoms with Gasteiger partial charge in [0.05, 0.1) is 24.4 Å². The van der Waals surface area contributed by atoms with E-state index in [1.54, 1.807) is 25.7 Å². The van der Waals surface area contributed by atoms with E-state index in [2.05, 4.69) is 58.3 Å². The molecule has 0 atom stereocenters. The number of nitrogens with one attached hydrogen (secondary N) is 2. The van der Waals surface area contributed by atoms with Crippen molar-refractivity contribution >= 4 is 22.3 Å². The van der Waals surface area contributed by atoms with Crippen molar-refractivity contribution in [2.24, 2.45) is 0 Å². The highest BCUT2D eigenvalue weighted by atomic mass is 16.5. The number of aromatic nitrogens is 3. The molecule has 1 aliphatic rings. The van der Waals surface area contributed by atoms with Crippen LogP contribution in [0.2, 0.25) is 0 Å². The van der Waals surface area contributed by atoms with Gasteiger partial charge in [-0.05, 0) is 87.0 Å². The SMILES string of the molecule is COc1cncc(-c2cc3cc[nH]c(=O)c3c(Nc3ccc(C4CCN(C(C)C)CC4)cc3)n2)c1. The van der Waals surface area contributed by atoms with E-state index in [4.69, 9.17) is 9.72 Å². The van der Waals surface area contributed by atoms with Gasteiger partial charge < -0.3 is 19.9 Å². The summed E-state index contributed by atoms with van der Waals surface area (Å²) in [5, 5.41) is 4.72. The number of rotatable bonds is 6. The van der Waals surface area contributed by atoms with Crippen LogP contribution in [0.15, 0.2) is 65.8 Å². The number of H-pyrrole nitrogens is 1. The van der Waals surface area contributed by atoms with Crippen LogP contribution in [0.1, 0.15) is 38.2 Å². The van der Waals surface area contributed by atoms with Crippen LogP contribution < -0.4 is 15.6 Å². The number of nitrogens with zero attached hydrogens (tertiary/aromatic N) is 3. The third-order valence-corrected chi connectivity index (χ3v) is 6.90. The summed E-state index contributed by atoms with van der Waals surface area (Å²) in [5.41, 5.74) is 3.61. The van der Waals surface area contributed by atoms with E-state index in [1.165, 1.54) is 18.4 Å². The van der Waals surface area contributed by atoms with Gasteiger partial charge in [0.1, 0.15) is 11.6 Å². The highest BCUT2D eigenvalue weighted by Gasteiger charge is 2.22. The third kappa shape index (κ3) is 4.91. The van der Waals surface area contributed by atoms with E-state index in [0.29, 0.717) is 34.6 Å². The Hall–Kier alpha value is -3.71. The zero-order valence-corrected chi connectivity index (χ0v) is 20.4. The van der Waals surface area contributed by atoms with E-state index < -0.39 is 0 Å². The van der Waals surface area contributed by atoms with Gasteiger partial charge in [-0.25, -0.2) is 4.98 Å². The quantitative estimate of drug-likeness (QED) is 0.397. The molecule has 7 nitrogen and oxygen atoms in total. The maximum absolute atomic E-state index is 12.7. The first-order valence-electron chi connectivity index (χ1n) is 12.1. The van der Waals surface area contributed by atoms with E-state index in [1.807, 2.05) is 18.2 Å². The van der Waals surface area contributed by atoms with Crippen molar-refractivity contribution in [2.75, 3.05) is 25.5 Å². The molecule has 0 spiro atoms. The summed E-state index contributed by atoms with van der Waals surface area (Å²) in [6.07, 6.45) is 7.42. The van der Waals surface area contributed by atoms with E-state index in [0.717, 1.165) is 29.7 Å². The summed E-state index contributed by atoms with van der Waals surface area (Å²) in [4.78, 5) is 27.1. The summed E-state index contributed by atoms with van der Waals surface area (Å²) in [7, 11) is 1.61. The normalized spacial score (nSPS) is 15.0. The van der Waals surface area contributed by atoms with Crippen LogP contribution in [0.5, 0.6) is 5.75 Å². The topological polar surface area (TPSA) is 83.1 Å². The molecule has 2 N–H and O–H groups in total. The van der Waals surface area contributed by atoms with Crippen molar-refractivity contribution < 1.29 is 4.74 Å². The van der Waals surface area contributed by atoms with Crippen LogP contribution in [-0.2, 0) is 0 Å². The minimum atomic E-state index is -0.179. The maximum atomic E-state index is 12.7. The molecular formula is C28H31N5O2. The Morgan fingerprint density at radius 3 is 2.57 bits per heavy atom. The van der Waals surface area contributed by atoms with Crippen LogP contribution in [-0.4, -0.2) is 46.1 Å². The fraction of sp³-hybridized carbons (Fsp3) is 0.321. The summed E-state index contributed by atoms with van der Waals surface area (Å²) < 4.78 is 5.32. The minimum absolute atomic E-state index is 0.179. The average Bonchev–Trinajstić information content (AvgIpc) is 2.89. The van der Waals surface area contributed by atoms with Crippen molar-refractivity contribution in [1.29, 1.82) is 0 Å². The molecule has 4 aromatic rings. The molecule has 1 saturated heterocycles. The minimum Gasteiger partial charge on any atom is -0.495 e. The van der Waals surface area contributed by atoms with Gasteiger partial charge >= 0.3 is 0 Å². The van der Waals surface area contributed by atoms with Gasteiger partial charge in [-0.15, -0.1) is 0 Å². The average molecular weight is 470 g/mol. The molecule has 1 aliphatic heterocycles. The van der Waals surface area contributed by atoms with E-state index in [-0.39, 0.29) is 5.56 Å². The summed E-state index contributed by atoms with van der Waals surface area (Å²) in [6, 6.07) is 14.8. The molecule has 3 aromatic heterocycles. The van der Waals surface area contributed by atoms with E-state index in [9.17, 15) is 4.79 Å². The zero-order chi connectivity index (χ0) is 24.4. The van der Waals surface area contributed by atoms with Gasteiger partial charge in [0.25, 0.3) is 5.56 Å². The molecule has 0 saturated carbocycles. The van der Waals surface area contributed by atoms with Crippen LogP contribution >= 0.6 is 0 Å². The lowest BCUT2D eigenvalue weighted by Gasteiger charge is -2.34. The Kier molecular flexibility index (Phi) is 6.51. The third-order valence-electron chi connectivity index (χ3n) is 6.90. The first-order chi connectivity index (χ1) is 17.0. The lowest BCUT2D eigenvalue weighted by Crippen LogP contribution is -2.37. The molecule has 180 valence electrons. The number of hydrogen-bond acceptors (Lipinski definition) is 6. The van der Waals surface area contributed by atoms with Gasteiger partial charge in [0.2, 0.25) is 0 Å². The molecule has 0 bridgehead atoms. The molecule has 0 aliphatic carbocycles. The van der Waals surface area contributed by atoms with Gasteiger partial charge in [0, 0.05) is 29.7 Å². The molecule has 1 fully saturated rings. The van der Waals surface area contributed by atoms with Crippen molar-refractivity contribution in [3.63, 3.8) is 0 Å². The van der Waals surface area contributed by atoms with Crippen molar-refractivity contribution in [1.82, 2.24) is 19.9 Å². The summed E-state index contributed by atoms with van der Waals surface area (Å²) in [6.45, 7) is 6.83. The summed E-state index contributed by atoms with van der Waals surface area (Å²) >= 11 is 0. The molecule has 0 radical (unpaired) electrons. The highest BCUT2D eigenvalue weighted by molar-refractivity contribution is 5.95. The highest BCUT2D eigenvalue weighted by Crippen LogP contribution is 2.32. The van der Waals surface area contributed by atoms with E-state index >= 15 is 0 Å². The first kappa shape index (κ1) is 23.1. The molecule has 0 unspecified atom stereocenters. The van der Waals surface area contributed by atoms with Gasteiger partial charge in [0.15, 0.2) is 0 Å². The predicted octanol–water partition coefficient (Wildman–Crippen LogP) is 5.33. The van der Waals surface area contributed by atoms with Crippen LogP contribution in [0, 0.1) is 0 Å². The zero-order valence-electron chi connectivity index (χ0n) is 20.4. The Labute approximate surface area is 205 Å². The van der Waals surface area contributed by atoms with Crippen molar-refractivity contribution in [2.45, 2.75) is 38.6 Å². The lowest BCUT2D eigenvalue weighted by molar-refractivity contribution is 0.172. The van der Waals surface area contributed by atoms with Crippen LogP contribution in [0.3, 0.4) is 0 Å². The number of fused-ring (bicyclic) bond motifs is 1. The number of likely N-dealkylation sites (tertiary alicyclic amines) is 1. The van der Waals surface area contributed by atoms with Gasteiger partial charge in [-0.3, -0.25) is 9.78 Å². The predicted molar refractivity (Wildman–Crippen MR) is 141 cm³/mol. The smallest absolute Gasteiger partial charge is 0.259 e. The number of benzene rings is 1. The number of aromatic amines is 1. The second-order valence-electron chi connectivity index (χ2n) is 9.39. The number of pyridine rings is 3. The first-order valence-corrected chi connectivity index (χ1v) is 12.1. The Balaban J connectivity index is 1.44. The molecule has 5 rings (SSSR count). The number of methoxy groups -OCH3 is 1. The molecular weight excluding hydrogens is 438 g/mol. The van der Waals surface area contributed by atoms with Crippen molar-refractivity contribution in [3.05, 3.63) is 77.0 Å². The second kappa shape index (κ2) is 9.88. The van der Waals surface area contributed by atoms with Crippen LogP contribution in [0.25, 0.3) is 22.0 Å². The monoisotopic (exact) mass is 469 g/mol. The molecule has 4 heterocycles. The standard InChI is InChI=1S/C28H31N5O2/c1-18(2)33-12-9-20(10-13-33)19-4-6-23(7-5-19)31-27-26-21(8-11-30-28(26)34)15-25(32-27)22-14-24(35-3)17-29-16-22/h4-8,11,14-18,20H,9-10,12-13H2,1-3H3,(H,30,34)(H,31,32). The Bertz CT molecular complexity index is 1370. The van der Waals surface area contributed by atoms with Crippen molar-refractivity contribution in [3.8, 4) is 17.0 Å². The van der Waals surface area contributed by atoms with Crippen LogP contribution in [0.4, 0.5) is 11.5 Å². The molecule has 35 heavy (non-hydrogen) atoms. The molecule has 0 amide bonds. The number of hydrogen-bond donors (Lipinski definition) is 2. The van der Waals surface area contributed by atoms with Gasteiger partial charge in [-0.2, -0.15) is 0 Å². The fourth-order valence-corrected chi connectivity index (χ4v) is 4.85.